The van der Waals surface area contributed by atoms with Gasteiger partial charge in [-0.05, 0) is 0 Å². The number of imidazole rings is 1. The molecule has 2 heterocycles. The van der Waals surface area contributed by atoms with Gasteiger partial charge in [-0.3, -0.25) is 4.79 Å². The van der Waals surface area contributed by atoms with Crippen LogP contribution in [0.25, 0.3) is 0 Å². The van der Waals surface area contributed by atoms with E-state index in [2.05, 4.69) is 9.97 Å². The number of fused-ring (bicyclic) bond motifs is 1. The highest BCUT2D eigenvalue weighted by Crippen LogP contribution is 2.30. The lowest BCUT2D eigenvalue weighted by molar-refractivity contribution is -0.133. The molecular formula is C7H8N2O4S. The van der Waals surface area contributed by atoms with Crippen molar-refractivity contribution >= 4 is 17.7 Å². The molecule has 0 spiro atoms. The molecule has 2 rings (SSSR count). The Morgan fingerprint density at radius 1 is 1.57 bits per heavy atom. The quantitative estimate of drug-likeness (QED) is 0.709. The van der Waals surface area contributed by atoms with Gasteiger partial charge in [0.2, 0.25) is 0 Å². The van der Waals surface area contributed by atoms with Gasteiger partial charge in [0.25, 0.3) is 11.8 Å². The number of nitrogens with one attached hydrogen (secondary N) is 1. The first-order valence-electron chi connectivity index (χ1n) is 3.96. The average molecular weight is 216 g/mol. The van der Waals surface area contributed by atoms with Crippen molar-refractivity contribution in [2.75, 3.05) is 19.0 Å². The van der Waals surface area contributed by atoms with Crippen LogP contribution in [0.4, 0.5) is 0 Å². The number of aromatic nitrogens is 2. The normalized spacial score (nSPS) is 14.0. The van der Waals surface area contributed by atoms with E-state index >= 15 is 0 Å². The molecule has 6 nitrogen and oxygen atoms in total. The van der Waals surface area contributed by atoms with Crippen molar-refractivity contribution in [2.24, 2.45) is 0 Å². The van der Waals surface area contributed by atoms with E-state index < -0.39 is 5.97 Å². The van der Waals surface area contributed by atoms with Crippen LogP contribution in [0.15, 0.2) is 5.16 Å². The minimum Gasteiger partial charge on any atom is -0.481 e. The van der Waals surface area contributed by atoms with Gasteiger partial charge in [-0.2, -0.15) is 4.98 Å². The number of carboxylic acids is 1. The lowest BCUT2D eigenvalue weighted by Gasteiger charge is -2.11. The monoisotopic (exact) mass is 216 g/mol. The Labute approximate surface area is 83.6 Å². The first-order valence-corrected chi connectivity index (χ1v) is 4.94. The zero-order valence-electron chi connectivity index (χ0n) is 7.15. The van der Waals surface area contributed by atoms with Gasteiger partial charge >= 0.3 is 5.97 Å². The van der Waals surface area contributed by atoms with E-state index in [1.54, 1.807) is 0 Å². The lowest BCUT2D eigenvalue weighted by Crippen LogP contribution is -2.14. The molecule has 0 saturated heterocycles. The number of hydrogen-bond acceptors (Lipinski definition) is 5. The van der Waals surface area contributed by atoms with Crippen LogP contribution >= 0.6 is 11.8 Å². The Morgan fingerprint density at radius 3 is 3.07 bits per heavy atom. The van der Waals surface area contributed by atoms with Gasteiger partial charge in [0, 0.05) is 0 Å². The Morgan fingerprint density at radius 2 is 2.36 bits per heavy atom. The van der Waals surface area contributed by atoms with Crippen LogP contribution in [0.5, 0.6) is 11.8 Å². The highest BCUT2D eigenvalue weighted by Gasteiger charge is 2.17. The second-order valence-electron chi connectivity index (χ2n) is 2.56. The summed E-state index contributed by atoms with van der Waals surface area (Å²) in [6.45, 7) is 0.957. The molecule has 0 bridgehead atoms. The molecule has 2 N–H and O–H groups in total. The van der Waals surface area contributed by atoms with Gasteiger partial charge in [0.1, 0.15) is 13.2 Å². The number of thioether (sulfide) groups is 1. The fourth-order valence-corrected chi connectivity index (χ4v) is 1.57. The third kappa shape index (κ3) is 1.92. The van der Waals surface area contributed by atoms with Crippen LogP contribution in [0.1, 0.15) is 0 Å². The number of rotatable bonds is 3. The molecule has 1 aliphatic heterocycles. The number of ether oxygens (including phenoxy) is 2. The van der Waals surface area contributed by atoms with Gasteiger partial charge in [-0.25, -0.2) is 0 Å². The number of aliphatic carboxylic acids is 1. The summed E-state index contributed by atoms with van der Waals surface area (Å²) in [6, 6.07) is 0. The zero-order chi connectivity index (χ0) is 9.97. The number of hydrogen-bond donors (Lipinski definition) is 2. The minimum atomic E-state index is -0.883. The van der Waals surface area contributed by atoms with Crippen LogP contribution in [-0.4, -0.2) is 40.0 Å². The molecule has 1 aromatic heterocycles. The van der Waals surface area contributed by atoms with Crippen molar-refractivity contribution < 1.29 is 19.4 Å². The van der Waals surface area contributed by atoms with Gasteiger partial charge in [0.15, 0.2) is 5.16 Å². The average Bonchev–Trinajstić information content (AvgIpc) is 2.57. The highest BCUT2D eigenvalue weighted by molar-refractivity contribution is 7.99. The Kier molecular flexibility index (Phi) is 2.49. The minimum absolute atomic E-state index is 0.0353. The molecule has 0 unspecified atom stereocenters. The molecule has 0 aromatic carbocycles. The van der Waals surface area contributed by atoms with Crippen LogP contribution in [0.2, 0.25) is 0 Å². The van der Waals surface area contributed by atoms with E-state index in [-0.39, 0.29) is 5.75 Å². The maximum atomic E-state index is 10.3. The number of aromatic amines is 1. The van der Waals surface area contributed by atoms with E-state index in [0.717, 1.165) is 11.8 Å². The second kappa shape index (κ2) is 3.79. The van der Waals surface area contributed by atoms with Gasteiger partial charge in [-0.15, -0.1) is 0 Å². The van der Waals surface area contributed by atoms with Crippen molar-refractivity contribution in [2.45, 2.75) is 5.16 Å². The third-order valence-electron chi connectivity index (χ3n) is 1.52. The summed E-state index contributed by atoms with van der Waals surface area (Å²) in [5, 5.41) is 8.95. The SMILES string of the molecule is O=C(O)CSc1nc2c([nH]1)OCCO2. The van der Waals surface area contributed by atoms with E-state index in [4.69, 9.17) is 14.6 Å². The summed E-state index contributed by atoms with van der Waals surface area (Å²) >= 11 is 1.10. The standard InChI is InChI=1S/C7H8N2O4S/c10-4(11)3-14-7-8-5-6(9-7)13-2-1-12-5/h1-3H2,(H,8,9)(H,10,11). The smallest absolute Gasteiger partial charge is 0.313 e. The molecule has 0 radical (unpaired) electrons. The molecule has 1 aliphatic rings. The first kappa shape index (κ1) is 9.20. The van der Waals surface area contributed by atoms with Crippen molar-refractivity contribution in [3.05, 3.63) is 0 Å². The van der Waals surface area contributed by atoms with Gasteiger partial charge in [0.05, 0.1) is 5.75 Å². The maximum Gasteiger partial charge on any atom is 0.313 e. The Hall–Kier alpha value is -1.37. The van der Waals surface area contributed by atoms with Crippen LogP contribution in [0, 0.1) is 0 Å². The Balaban J connectivity index is 2.04. The van der Waals surface area contributed by atoms with E-state index in [1.807, 2.05) is 0 Å². The fraction of sp³-hybridized carbons (Fsp3) is 0.429. The summed E-state index contributed by atoms with van der Waals surface area (Å²) < 4.78 is 10.4. The van der Waals surface area contributed by atoms with Crippen molar-refractivity contribution in [1.82, 2.24) is 9.97 Å². The topological polar surface area (TPSA) is 84.4 Å². The number of carbonyl (C=O) groups is 1. The first-order chi connectivity index (χ1) is 6.75. The Bertz CT molecular complexity index is 328. The van der Waals surface area contributed by atoms with Crippen LogP contribution in [0.3, 0.4) is 0 Å². The van der Waals surface area contributed by atoms with E-state index in [0.29, 0.717) is 30.1 Å². The molecule has 0 atom stereocenters. The van der Waals surface area contributed by atoms with Crippen LogP contribution in [-0.2, 0) is 4.79 Å². The number of nitrogens with zero attached hydrogens (tertiary/aromatic N) is 1. The summed E-state index contributed by atoms with van der Waals surface area (Å²) in [5.74, 6) is -0.0358. The highest BCUT2D eigenvalue weighted by atomic mass is 32.2. The maximum absolute atomic E-state index is 10.3. The molecule has 1 aromatic rings. The fourth-order valence-electron chi connectivity index (χ4n) is 0.998. The summed E-state index contributed by atoms with van der Waals surface area (Å²) in [4.78, 5) is 17.1. The van der Waals surface area contributed by atoms with Gasteiger partial charge < -0.3 is 19.6 Å². The van der Waals surface area contributed by atoms with Crippen molar-refractivity contribution in [3.8, 4) is 11.8 Å². The van der Waals surface area contributed by atoms with Crippen molar-refractivity contribution in [3.63, 3.8) is 0 Å². The molecule has 14 heavy (non-hydrogen) atoms. The molecule has 7 heteroatoms. The predicted octanol–water partition coefficient (Wildman–Crippen LogP) is 0.358. The molecule has 76 valence electrons. The lowest BCUT2D eigenvalue weighted by atomic mass is 10.6. The van der Waals surface area contributed by atoms with E-state index in [1.165, 1.54) is 0 Å². The largest absolute Gasteiger partial charge is 0.481 e. The zero-order valence-corrected chi connectivity index (χ0v) is 7.97. The molecular weight excluding hydrogens is 208 g/mol. The summed E-state index contributed by atoms with van der Waals surface area (Å²) in [5.41, 5.74) is 0. The second-order valence-corrected chi connectivity index (χ2v) is 3.52. The van der Waals surface area contributed by atoms with Crippen LogP contribution < -0.4 is 9.47 Å². The summed E-state index contributed by atoms with van der Waals surface area (Å²) in [7, 11) is 0. The number of carboxylic acid groups (broad SMARTS) is 1. The predicted molar refractivity (Wildman–Crippen MR) is 47.9 cm³/mol. The third-order valence-corrected chi connectivity index (χ3v) is 2.38. The molecule has 0 saturated carbocycles. The van der Waals surface area contributed by atoms with Crippen molar-refractivity contribution in [1.29, 1.82) is 0 Å². The summed E-state index contributed by atoms with van der Waals surface area (Å²) in [6.07, 6.45) is 0. The molecule has 0 amide bonds. The van der Waals surface area contributed by atoms with Gasteiger partial charge in [-0.1, -0.05) is 11.8 Å². The van der Waals surface area contributed by atoms with E-state index in [9.17, 15) is 4.79 Å². The molecule has 0 aliphatic carbocycles. The molecule has 0 fully saturated rings. The number of H-pyrrole nitrogens is 1.